The van der Waals surface area contributed by atoms with E-state index in [1.807, 2.05) is 0 Å². The van der Waals surface area contributed by atoms with Gasteiger partial charge in [-0.2, -0.15) is 5.10 Å². The molecule has 0 fully saturated rings. The molecule has 0 saturated carbocycles. The van der Waals surface area contributed by atoms with Gasteiger partial charge in [0.15, 0.2) is 11.5 Å². The van der Waals surface area contributed by atoms with Gasteiger partial charge in [-0.1, -0.05) is 12.1 Å². The maximum Gasteiger partial charge on any atom is 0.282 e. The van der Waals surface area contributed by atoms with Crippen molar-refractivity contribution in [3.05, 3.63) is 70.0 Å². The van der Waals surface area contributed by atoms with E-state index in [0.29, 0.717) is 16.5 Å². The molecule has 1 N–H and O–H groups in total. The summed E-state index contributed by atoms with van der Waals surface area (Å²) in [6, 6.07) is 10.4. The number of methoxy groups -OCH3 is 1. The molecule has 9 nitrogen and oxygen atoms in total. The van der Waals surface area contributed by atoms with Gasteiger partial charge in [-0.15, -0.1) is 0 Å². The summed E-state index contributed by atoms with van der Waals surface area (Å²) in [5.74, 6) is -0.348. The van der Waals surface area contributed by atoms with Gasteiger partial charge in [0.1, 0.15) is 23.7 Å². The van der Waals surface area contributed by atoms with E-state index in [2.05, 4.69) is 10.4 Å². The van der Waals surface area contributed by atoms with Gasteiger partial charge in [-0.25, -0.2) is 17.6 Å². The second kappa shape index (κ2) is 9.97. The summed E-state index contributed by atoms with van der Waals surface area (Å²) in [4.78, 5) is 22.9. The van der Waals surface area contributed by atoms with Crippen molar-refractivity contribution < 1.29 is 36.8 Å². The normalized spacial score (nSPS) is 11.0. The maximum absolute atomic E-state index is 13.1. The summed E-state index contributed by atoms with van der Waals surface area (Å²) in [5, 5.41) is 16.9. The first-order valence-corrected chi connectivity index (χ1v) is 9.22. The molecule has 174 valence electrons. The van der Waals surface area contributed by atoms with Crippen molar-refractivity contribution in [3.8, 4) is 17.2 Å². The molecule has 0 radical (unpaired) electrons. The van der Waals surface area contributed by atoms with Crippen molar-refractivity contribution in [3.63, 3.8) is 0 Å². The largest absolute Gasteiger partial charge is 0.493 e. The first-order chi connectivity index (χ1) is 15.7. The lowest BCUT2D eigenvalue weighted by Gasteiger charge is -2.12. The predicted octanol–water partition coefficient (Wildman–Crippen LogP) is 5.11. The summed E-state index contributed by atoms with van der Waals surface area (Å²) in [5.41, 5.74) is -2.27. The number of non-ortho nitro benzene ring substituents is 1. The van der Waals surface area contributed by atoms with Crippen molar-refractivity contribution in [2.75, 3.05) is 12.4 Å². The molecule has 33 heavy (non-hydrogen) atoms. The molecule has 0 atom stereocenters. The molecule has 0 spiro atoms. The number of anilines is 1. The third-order valence-corrected chi connectivity index (χ3v) is 4.25. The number of nitrogens with one attached hydrogen (secondary N) is 1. The van der Waals surface area contributed by atoms with Crippen LogP contribution in [0.3, 0.4) is 0 Å². The number of aromatic nitrogens is 2. The summed E-state index contributed by atoms with van der Waals surface area (Å²) in [6.07, 6.45) is -6.24. The molecular weight excluding hydrogens is 452 g/mol. The van der Waals surface area contributed by atoms with Gasteiger partial charge in [0.05, 0.1) is 23.8 Å². The standard InChI is InChI=1S/C20H16F4N4O5/c1-32-16-4-2-3-5-17(16)33-13-7-11(6-12(8-13)28(30)31)25-18(29)10-27-15(20(23)24)9-14(26-27)19(21)22/h2-9,19-20H,10H2,1H3,(H,25,29). The Hall–Kier alpha value is -4.16. The highest BCUT2D eigenvalue weighted by molar-refractivity contribution is 5.91. The number of benzene rings is 2. The smallest absolute Gasteiger partial charge is 0.282 e. The lowest BCUT2D eigenvalue weighted by molar-refractivity contribution is -0.384. The van der Waals surface area contributed by atoms with Crippen molar-refractivity contribution in [2.24, 2.45) is 0 Å². The average Bonchev–Trinajstić information content (AvgIpc) is 3.18. The molecule has 2 aromatic carbocycles. The minimum atomic E-state index is -3.14. The number of nitro groups is 1. The van der Waals surface area contributed by atoms with Crippen LogP contribution < -0.4 is 14.8 Å². The zero-order valence-corrected chi connectivity index (χ0v) is 16.9. The third kappa shape index (κ3) is 5.75. The van der Waals surface area contributed by atoms with E-state index in [1.54, 1.807) is 24.3 Å². The third-order valence-electron chi connectivity index (χ3n) is 4.25. The van der Waals surface area contributed by atoms with E-state index in [1.165, 1.54) is 13.2 Å². The zero-order chi connectivity index (χ0) is 24.1. The van der Waals surface area contributed by atoms with E-state index >= 15 is 0 Å². The summed E-state index contributed by atoms with van der Waals surface area (Å²) >= 11 is 0. The number of amides is 1. The molecule has 0 aliphatic carbocycles. The first-order valence-electron chi connectivity index (χ1n) is 9.22. The van der Waals surface area contributed by atoms with Crippen molar-refractivity contribution in [2.45, 2.75) is 19.4 Å². The van der Waals surface area contributed by atoms with Crippen LogP contribution in [0.25, 0.3) is 0 Å². The van der Waals surface area contributed by atoms with Gasteiger partial charge >= 0.3 is 0 Å². The number of ether oxygens (including phenoxy) is 2. The molecule has 3 rings (SSSR count). The topological polar surface area (TPSA) is 109 Å². The molecule has 0 saturated heterocycles. The van der Waals surface area contributed by atoms with Crippen LogP contribution in [0, 0.1) is 10.1 Å². The number of halogens is 4. The van der Waals surface area contributed by atoms with Crippen molar-refractivity contribution in [1.82, 2.24) is 9.78 Å². The molecule has 3 aromatic rings. The number of nitro benzene ring substituents is 1. The summed E-state index contributed by atoms with van der Waals surface area (Å²) in [7, 11) is 1.41. The van der Waals surface area contributed by atoms with Crippen LogP contribution in [0.5, 0.6) is 17.2 Å². The molecule has 1 amide bonds. The van der Waals surface area contributed by atoms with Gasteiger partial charge in [0.25, 0.3) is 18.5 Å². The number of carbonyl (C=O) groups is 1. The second-order valence-corrected chi connectivity index (χ2v) is 6.53. The number of hydrogen-bond acceptors (Lipinski definition) is 6. The van der Waals surface area contributed by atoms with Crippen LogP contribution in [-0.4, -0.2) is 27.7 Å². The Bertz CT molecular complexity index is 1170. The van der Waals surface area contributed by atoms with Gasteiger partial charge < -0.3 is 14.8 Å². The molecule has 1 aromatic heterocycles. The molecule has 0 aliphatic rings. The van der Waals surface area contributed by atoms with Gasteiger partial charge in [-0.3, -0.25) is 19.6 Å². The quantitative estimate of drug-likeness (QED) is 0.266. The maximum atomic E-state index is 13.1. The Balaban J connectivity index is 1.84. The number of hydrogen-bond donors (Lipinski definition) is 1. The monoisotopic (exact) mass is 468 g/mol. The average molecular weight is 468 g/mol. The van der Waals surface area contributed by atoms with E-state index in [0.717, 1.165) is 12.1 Å². The molecule has 0 unspecified atom stereocenters. The molecular formula is C20H16F4N4O5. The van der Waals surface area contributed by atoms with E-state index < -0.39 is 47.3 Å². The first kappa shape index (κ1) is 23.5. The van der Waals surface area contributed by atoms with Gasteiger partial charge in [-0.05, 0) is 18.2 Å². The van der Waals surface area contributed by atoms with Gasteiger partial charge in [0, 0.05) is 12.1 Å². The number of carbonyl (C=O) groups excluding carboxylic acids is 1. The Morgan fingerprint density at radius 3 is 2.42 bits per heavy atom. The number of para-hydroxylation sites is 2. The second-order valence-electron chi connectivity index (χ2n) is 6.53. The highest BCUT2D eigenvalue weighted by Gasteiger charge is 2.23. The fraction of sp³-hybridized carbons (Fsp3) is 0.200. The van der Waals surface area contributed by atoms with E-state index in [9.17, 15) is 32.5 Å². The number of nitrogens with zero attached hydrogens (tertiary/aromatic N) is 3. The Labute approximate surface area is 183 Å². The van der Waals surface area contributed by atoms with Crippen LogP contribution in [0.1, 0.15) is 24.2 Å². The fourth-order valence-electron chi connectivity index (χ4n) is 2.85. The Morgan fingerprint density at radius 1 is 1.12 bits per heavy atom. The van der Waals surface area contributed by atoms with Crippen LogP contribution in [0.15, 0.2) is 48.5 Å². The van der Waals surface area contributed by atoms with E-state index in [-0.39, 0.29) is 17.2 Å². The minimum absolute atomic E-state index is 0.0173. The Kier molecular flexibility index (Phi) is 7.10. The van der Waals surface area contributed by atoms with Crippen LogP contribution in [0.2, 0.25) is 0 Å². The summed E-state index contributed by atoms with van der Waals surface area (Å²) in [6.45, 7) is -0.822. The highest BCUT2D eigenvalue weighted by atomic mass is 19.3. The van der Waals surface area contributed by atoms with E-state index in [4.69, 9.17) is 9.47 Å². The zero-order valence-electron chi connectivity index (χ0n) is 16.9. The molecule has 13 heteroatoms. The SMILES string of the molecule is COc1ccccc1Oc1cc(NC(=O)Cn2nc(C(F)F)cc2C(F)F)cc([N+](=O)[O-])c1. The Morgan fingerprint density at radius 2 is 1.82 bits per heavy atom. The van der Waals surface area contributed by atoms with Crippen LogP contribution >= 0.6 is 0 Å². The van der Waals surface area contributed by atoms with Crippen LogP contribution in [0.4, 0.5) is 28.9 Å². The van der Waals surface area contributed by atoms with Crippen molar-refractivity contribution >= 4 is 17.3 Å². The lowest BCUT2D eigenvalue weighted by Crippen LogP contribution is -2.21. The van der Waals surface area contributed by atoms with Gasteiger partial charge in [0.2, 0.25) is 5.91 Å². The molecule has 1 heterocycles. The number of alkyl halides is 4. The van der Waals surface area contributed by atoms with Crippen LogP contribution in [-0.2, 0) is 11.3 Å². The minimum Gasteiger partial charge on any atom is -0.493 e. The molecule has 0 aliphatic heterocycles. The molecule has 0 bridgehead atoms. The predicted molar refractivity (Wildman–Crippen MR) is 107 cm³/mol. The number of rotatable bonds is 9. The summed E-state index contributed by atoms with van der Waals surface area (Å²) < 4.78 is 63.0. The lowest BCUT2D eigenvalue weighted by atomic mass is 10.2. The fourth-order valence-corrected chi connectivity index (χ4v) is 2.85. The highest BCUT2D eigenvalue weighted by Crippen LogP contribution is 2.34. The van der Waals surface area contributed by atoms with Crippen molar-refractivity contribution in [1.29, 1.82) is 0 Å².